The molecule has 0 aromatic carbocycles. The van der Waals surface area contributed by atoms with E-state index in [2.05, 4.69) is 10.3 Å². The van der Waals surface area contributed by atoms with Crippen LogP contribution in [0.25, 0.3) is 0 Å². The summed E-state index contributed by atoms with van der Waals surface area (Å²) in [6.07, 6.45) is 0.334. The van der Waals surface area contributed by atoms with Crippen LogP contribution in [-0.4, -0.2) is 67.9 Å². The van der Waals surface area contributed by atoms with Crippen LogP contribution < -0.4 is 5.32 Å². The third-order valence-corrected chi connectivity index (χ3v) is 6.63. The number of nitrogens with zero attached hydrogens (tertiary/aromatic N) is 2. The fraction of sp³-hybridized carbons (Fsp3) is 0.643. The maximum atomic E-state index is 12.5. The van der Waals surface area contributed by atoms with E-state index in [0.29, 0.717) is 11.6 Å². The highest BCUT2D eigenvalue weighted by Gasteiger charge is 2.36. The Labute approximate surface area is 145 Å². The molecule has 1 atom stereocenters. The molecule has 0 saturated carbocycles. The molecule has 2 heterocycles. The predicted octanol–water partition coefficient (Wildman–Crippen LogP) is 0.361. The molecule has 24 heavy (non-hydrogen) atoms. The molecule has 0 aliphatic carbocycles. The molecule has 1 N–H and O–H groups in total. The number of amides is 2. The SMILES string of the molecule is COCCN(C(=O)C(=O)Nc1nc(C)c(C)s1)C1CCS(=O)(=O)C1. The lowest BCUT2D eigenvalue weighted by Gasteiger charge is -2.27. The number of anilines is 1. The average molecular weight is 375 g/mol. The van der Waals surface area contributed by atoms with Gasteiger partial charge in [-0.15, -0.1) is 11.3 Å². The van der Waals surface area contributed by atoms with Gasteiger partial charge in [0, 0.05) is 24.6 Å². The predicted molar refractivity (Wildman–Crippen MR) is 90.9 cm³/mol. The summed E-state index contributed by atoms with van der Waals surface area (Å²) in [6.45, 7) is 4.08. The van der Waals surface area contributed by atoms with Crippen LogP contribution in [-0.2, 0) is 24.2 Å². The number of hydrogen-bond donors (Lipinski definition) is 1. The first kappa shape index (κ1) is 18.8. The monoisotopic (exact) mass is 375 g/mol. The Morgan fingerprint density at radius 2 is 2.12 bits per heavy atom. The smallest absolute Gasteiger partial charge is 0.315 e. The largest absolute Gasteiger partial charge is 0.383 e. The lowest BCUT2D eigenvalue weighted by Crippen LogP contribution is -2.47. The first-order chi connectivity index (χ1) is 11.2. The zero-order valence-electron chi connectivity index (χ0n) is 13.9. The van der Waals surface area contributed by atoms with Gasteiger partial charge in [0.2, 0.25) is 0 Å². The second kappa shape index (κ2) is 7.58. The molecule has 2 amide bonds. The van der Waals surface area contributed by atoms with Gasteiger partial charge in [0.15, 0.2) is 15.0 Å². The number of carbonyl (C=O) groups excluding carboxylic acids is 2. The lowest BCUT2D eigenvalue weighted by molar-refractivity contribution is -0.144. The molecule has 0 bridgehead atoms. The highest BCUT2D eigenvalue weighted by molar-refractivity contribution is 7.91. The quantitative estimate of drug-likeness (QED) is 0.745. The molecule has 0 radical (unpaired) electrons. The topological polar surface area (TPSA) is 106 Å². The van der Waals surface area contributed by atoms with Gasteiger partial charge in [-0.2, -0.15) is 0 Å². The first-order valence-electron chi connectivity index (χ1n) is 7.49. The number of aryl methyl sites for hydroxylation is 2. The number of nitrogens with one attached hydrogen (secondary N) is 1. The van der Waals surface area contributed by atoms with Crippen LogP contribution in [0, 0.1) is 13.8 Å². The van der Waals surface area contributed by atoms with Crippen LogP contribution in [0.4, 0.5) is 5.13 Å². The zero-order valence-corrected chi connectivity index (χ0v) is 15.5. The van der Waals surface area contributed by atoms with Crippen molar-refractivity contribution in [2.75, 3.05) is 37.1 Å². The normalized spacial score (nSPS) is 19.2. The number of methoxy groups -OCH3 is 1. The molecule has 1 aliphatic rings. The van der Waals surface area contributed by atoms with Crippen molar-refractivity contribution < 1.29 is 22.7 Å². The number of rotatable bonds is 5. The van der Waals surface area contributed by atoms with Crippen molar-refractivity contribution in [3.8, 4) is 0 Å². The van der Waals surface area contributed by atoms with Crippen molar-refractivity contribution in [2.45, 2.75) is 26.3 Å². The Morgan fingerprint density at radius 3 is 2.62 bits per heavy atom. The van der Waals surface area contributed by atoms with E-state index >= 15 is 0 Å². The Bertz CT molecular complexity index is 709. The van der Waals surface area contributed by atoms with Crippen molar-refractivity contribution >= 4 is 38.1 Å². The first-order valence-corrected chi connectivity index (χ1v) is 10.1. The molecule has 2 rings (SSSR count). The maximum Gasteiger partial charge on any atom is 0.315 e. The summed E-state index contributed by atoms with van der Waals surface area (Å²) in [5.41, 5.74) is 0.792. The number of sulfone groups is 1. The highest BCUT2D eigenvalue weighted by Crippen LogP contribution is 2.22. The molecule has 1 aromatic heterocycles. The van der Waals surface area contributed by atoms with E-state index in [-0.39, 0.29) is 24.7 Å². The Morgan fingerprint density at radius 1 is 1.42 bits per heavy atom. The second-order valence-electron chi connectivity index (χ2n) is 5.66. The molecule has 1 aromatic rings. The fourth-order valence-electron chi connectivity index (χ4n) is 2.47. The molecular formula is C14H21N3O5S2. The second-order valence-corrected chi connectivity index (χ2v) is 9.09. The van der Waals surface area contributed by atoms with E-state index in [9.17, 15) is 18.0 Å². The van der Waals surface area contributed by atoms with Gasteiger partial charge in [-0.3, -0.25) is 14.9 Å². The zero-order chi connectivity index (χ0) is 17.9. The summed E-state index contributed by atoms with van der Waals surface area (Å²) in [7, 11) is -1.68. The van der Waals surface area contributed by atoms with Gasteiger partial charge in [0.1, 0.15) is 0 Å². The van der Waals surface area contributed by atoms with E-state index in [4.69, 9.17) is 4.74 Å². The molecule has 8 nitrogen and oxygen atoms in total. The standard InChI is InChI=1S/C14H21N3O5S2/c1-9-10(2)23-14(15-9)16-12(18)13(19)17(5-6-22-3)11-4-7-24(20,21)8-11/h11H,4-8H2,1-3H3,(H,15,16,18). The number of thiazole rings is 1. The molecule has 10 heteroatoms. The number of carbonyl (C=O) groups is 2. The van der Waals surface area contributed by atoms with Gasteiger partial charge in [0.25, 0.3) is 0 Å². The van der Waals surface area contributed by atoms with Crippen molar-refractivity contribution in [3.63, 3.8) is 0 Å². The van der Waals surface area contributed by atoms with Crippen molar-refractivity contribution in [1.29, 1.82) is 0 Å². The summed E-state index contributed by atoms with van der Waals surface area (Å²) >= 11 is 1.29. The molecule has 0 spiro atoms. The Hall–Kier alpha value is -1.52. The fourth-order valence-corrected chi connectivity index (χ4v) is 5.01. The van der Waals surface area contributed by atoms with Crippen LogP contribution in [0.2, 0.25) is 0 Å². The Balaban J connectivity index is 2.10. The van der Waals surface area contributed by atoms with Crippen molar-refractivity contribution in [1.82, 2.24) is 9.88 Å². The summed E-state index contributed by atoms with van der Waals surface area (Å²) < 4.78 is 28.3. The van der Waals surface area contributed by atoms with E-state index < -0.39 is 27.7 Å². The summed E-state index contributed by atoms with van der Waals surface area (Å²) in [4.78, 5) is 31.1. The minimum atomic E-state index is -3.16. The van der Waals surface area contributed by atoms with Crippen LogP contribution >= 0.6 is 11.3 Å². The van der Waals surface area contributed by atoms with E-state index in [1.54, 1.807) is 0 Å². The molecule has 1 fully saturated rings. The molecule has 1 saturated heterocycles. The lowest BCUT2D eigenvalue weighted by atomic mass is 10.2. The minimum absolute atomic E-state index is 0.0287. The maximum absolute atomic E-state index is 12.5. The third kappa shape index (κ3) is 4.52. The highest BCUT2D eigenvalue weighted by atomic mass is 32.2. The molecule has 1 unspecified atom stereocenters. The number of aromatic nitrogens is 1. The summed E-state index contributed by atoms with van der Waals surface area (Å²) in [6, 6.07) is -0.497. The number of ether oxygens (including phenoxy) is 1. The van der Waals surface area contributed by atoms with Crippen LogP contribution in [0.3, 0.4) is 0 Å². The van der Waals surface area contributed by atoms with Crippen LogP contribution in [0.5, 0.6) is 0 Å². The third-order valence-electron chi connectivity index (χ3n) is 3.89. The van der Waals surface area contributed by atoms with Crippen LogP contribution in [0.1, 0.15) is 17.0 Å². The number of hydrogen-bond acceptors (Lipinski definition) is 7. The van der Waals surface area contributed by atoms with Crippen molar-refractivity contribution in [3.05, 3.63) is 10.6 Å². The van der Waals surface area contributed by atoms with Gasteiger partial charge in [-0.25, -0.2) is 13.4 Å². The molecular weight excluding hydrogens is 354 g/mol. The summed E-state index contributed by atoms with van der Waals surface area (Å²) in [5, 5.41) is 2.85. The Kier molecular flexibility index (Phi) is 5.94. The summed E-state index contributed by atoms with van der Waals surface area (Å²) in [5.74, 6) is -1.67. The average Bonchev–Trinajstić information content (AvgIpc) is 3.01. The van der Waals surface area contributed by atoms with Gasteiger partial charge in [0.05, 0.1) is 23.8 Å². The van der Waals surface area contributed by atoms with Gasteiger partial charge < -0.3 is 9.64 Å². The van der Waals surface area contributed by atoms with E-state index in [1.807, 2.05) is 13.8 Å². The van der Waals surface area contributed by atoms with Crippen molar-refractivity contribution in [2.24, 2.45) is 0 Å². The van der Waals surface area contributed by atoms with Gasteiger partial charge >= 0.3 is 11.8 Å². The molecule has 1 aliphatic heterocycles. The van der Waals surface area contributed by atoms with Crippen LogP contribution in [0.15, 0.2) is 0 Å². The van der Waals surface area contributed by atoms with Gasteiger partial charge in [-0.1, -0.05) is 0 Å². The minimum Gasteiger partial charge on any atom is -0.383 e. The van der Waals surface area contributed by atoms with Gasteiger partial charge in [-0.05, 0) is 20.3 Å². The van der Waals surface area contributed by atoms with E-state index in [0.717, 1.165) is 10.6 Å². The van der Waals surface area contributed by atoms with E-state index in [1.165, 1.54) is 23.3 Å². The molecule has 134 valence electrons.